The zero-order chi connectivity index (χ0) is 18.6. The summed E-state index contributed by atoms with van der Waals surface area (Å²) in [7, 11) is 0. The van der Waals surface area contributed by atoms with Crippen LogP contribution in [0.25, 0.3) is 16.8 Å². The number of anilines is 2. The highest BCUT2D eigenvalue weighted by Gasteiger charge is 2.16. The molecule has 7 heteroatoms. The van der Waals surface area contributed by atoms with Crippen LogP contribution in [0.2, 0.25) is 0 Å². The molecular weight excluding hydrogens is 342 g/mol. The third kappa shape index (κ3) is 3.38. The number of nitrogens with one attached hydrogen (secondary N) is 1. The van der Waals surface area contributed by atoms with Gasteiger partial charge in [-0.15, -0.1) is 5.10 Å². The van der Waals surface area contributed by atoms with Crippen molar-refractivity contribution in [1.29, 1.82) is 0 Å². The molecule has 0 unspecified atom stereocenters. The Labute approximate surface area is 155 Å². The van der Waals surface area contributed by atoms with Crippen LogP contribution in [0.15, 0.2) is 79.5 Å². The first kappa shape index (κ1) is 16.5. The summed E-state index contributed by atoms with van der Waals surface area (Å²) in [6, 6.07) is 14.9. The fourth-order valence-corrected chi connectivity index (χ4v) is 2.73. The first-order valence-electron chi connectivity index (χ1n) is 8.22. The average Bonchev–Trinajstić information content (AvgIpc) is 3.13. The number of carboxylic acids is 1. The first-order valence-corrected chi connectivity index (χ1v) is 8.22. The lowest BCUT2D eigenvalue weighted by atomic mass is 10.1. The van der Waals surface area contributed by atoms with Crippen LogP contribution in [-0.2, 0) is 0 Å². The molecule has 0 aliphatic heterocycles. The predicted molar refractivity (Wildman–Crippen MR) is 101 cm³/mol. The van der Waals surface area contributed by atoms with E-state index in [-0.39, 0.29) is 5.56 Å². The van der Waals surface area contributed by atoms with Gasteiger partial charge in [-0.3, -0.25) is 9.97 Å². The van der Waals surface area contributed by atoms with Gasteiger partial charge in [0.2, 0.25) is 0 Å². The molecule has 0 fully saturated rings. The smallest absolute Gasteiger partial charge is 0.337 e. The van der Waals surface area contributed by atoms with Crippen LogP contribution in [0.1, 0.15) is 10.4 Å². The minimum Gasteiger partial charge on any atom is -0.478 e. The largest absolute Gasteiger partial charge is 0.478 e. The number of para-hydroxylation sites is 1. The SMILES string of the molecule is O=C(O)c1ccncc1Nc1nn(-c2ccccc2)cc1-c1ccncc1. The van der Waals surface area contributed by atoms with E-state index < -0.39 is 5.97 Å². The van der Waals surface area contributed by atoms with E-state index in [2.05, 4.69) is 20.4 Å². The third-order valence-electron chi connectivity index (χ3n) is 4.03. The Balaban J connectivity index is 1.82. The number of pyridine rings is 2. The average molecular weight is 357 g/mol. The van der Waals surface area contributed by atoms with Crippen molar-refractivity contribution in [2.75, 3.05) is 5.32 Å². The van der Waals surface area contributed by atoms with Crippen molar-refractivity contribution < 1.29 is 9.90 Å². The van der Waals surface area contributed by atoms with Crippen molar-refractivity contribution >= 4 is 17.5 Å². The number of aromatic carboxylic acids is 1. The van der Waals surface area contributed by atoms with E-state index in [1.165, 1.54) is 18.5 Å². The highest BCUT2D eigenvalue weighted by atomic mass is 16.4. The van der Waals surface area contributed by atoms with E-state index in [9.17, 15) is 9.90 Å². The van der Waals surface area contributed by atoms with E-state index in [0.717, 1.165) is 16.8 Å². The molecule has 0 amide bonds. The van der Waals surface area contributed by atoms with Crippen LogP contribution < -0.4 is 5.32 Å². The molecule has 3 aromatic heterocycles. The standard InChI is InChI=1S/C20H15N5O2/c26-20(27)16-8-11-22-12-18(16)23-19-17(14-6-9-21-10-7-14)13-25(24-19)15-4-2-1-3-5-15/h1-13H,(H,23,24)(H,26,27). The second-order valence-electron chi connectivity index (χ2n) is 5.76. The Bertz CT molecular complexity index is 1080. The van der Waals surface area contributed by atoms with Gasteiger partial charge in [0.1, 0.15) is 0 Å². The zero-order valence-corrected chi connectivity index (χ0v) is 14.1. The maximum Gasteiger partial charge on any atom is 0.337 e. The lowest BCUT2D eigenvalue weighted by Crippen LogP contribution is -2.04. The van der Waals surface area contributed by atoms with E-state index in [1.807, 2.05) is 48.7 Å². The highest BCUT2D eigenvalue weighted by molar-refractivity contribution is 5.95. The van der Waals surface area contributed by atoms with Crippen molar-refractivity contribution in [3.05, 3.63) is 85.1 Å². The molecule has 0 atom stereocenters. The van der Waals surface area contributed by atoms with Gasteiger partial charge in [0.05, 0.1) is 23.1 Å². The van der Waals surface area contributed by atoms with Gasteiger partial charge in [0.25, 0.3) is 0 Å². The topological polar surface area (TPSA) is 92.9 Å². The quantitative estimate of drug-likeness (QED) is 0.565. The summed E-state index contributed by atoms with van der Waals surface area (Å²) in [5, 5.41) is 17.1. The summed E-state index contributed by atoms with van der Waals surface area (Å²) in [5.41, 5.74) is 3.13. The second-order valence-corrected chi connectivity index (χ2v) is 5.76. The van der Waals surface area contributed by atoms with Gasteiger partial charge in [0.15, 0.2) is 5.82 Å². The van der Waals surface area contributed by atoms with Crippen molar-refractivity contribution in [3.8, 4) is 16.8 Å². The molecule has 0 aliphatic rings. The van der Waals surface area contributed by atoms with Crippen molar-refractivity contribution in [3.63, 3.8) is 0 Å². The summed E-state index contributed by atoms with van der Waals surface area (Å²) < 4.78 is 1.74. The second kappa shape index (κ2) is 7.09. The molecule has 2 N–H and O–H groups in total. The maximum absolute atomic E-state index is 11.5. The monoisotopic (exact) mass is 357 g/mol. The van der Waals surface area contributed by atoms with Crippen LogP contribution in [0.4, 0.5) is 11.5 Å². The minimum atomic E-state index is -1.03. The fourth-order valence-electron chi connectivity index (χ4n) is 2.73. The molecule has 0 saturated carbocycles. The van der Waals surface area contributed by atoms with Gasteiger partial charge in [0, 0.05) is 30.4 Å². The lowest BCUT2D eigenvalue weighted by Gasteiger charge is -2.08. The van der Waals surface area contributed by atoms with Gasteiger partial charge in [-0.1, -0.05) is 18.2 Å². The summed E-state index contributed by atoms with van der Waals surface area (Å²) in [6.07, 6.45) is 8.21. The van der Waals surface area contributed by atoms with Crippen molar-refractivity contribution in [2.45, 2.75) is 0 Å². The molecule has 0 bridgehead atoms. The molecule has 132 valence electrons. The molecular formula is C20H15N5O2. The van der Waals surface area contributed by atoms with Crippen LogP contribution in [-0.4, -0.2) is 30.8 Å². The summed E-state index contributed by atoms with van der Waals surface area (Å²) in [4.78, 5) is 19.6. The molecule has 1 aromatic carbocycles. The number of benzene rings is 1. The first-order chi connectivity index (χ1) is 13.2. The van der Waals surface area contributed by atoms with E-state index >= 15 is 0 Å². The highest BCUT2D eigenvalue weighted by Crippen LogP contribution is 2.31. The molecule has 0 aliphatic carbocycles. The Hall–Kier alpha value is -4.00. The van der Waals surface area contributed by atoms with Gasteiger partial charge < -0.3 is 10.4 Å². The molecule has 27 heavy (non-hydrogen) atoms. The molecule has 0 saturated heterocycles. The van der Waals surface area contributed by atoms with Crippen LogP contribution in [0.3, 0.4) is 0 Å². The Morgan fingerprint density at radius 3 is 2.44 bits per heavy atom. The summed E-state index contributed by atoms with van der Waals surface area (Å²) >= 11 is 0. The Kier molecular flexibility index (Phi) is 4.32. The molecule has 0 radical (unpaired) electrons. The fraction of sp³-hybridized carbons (Fsp3) is 0. The molecule has 4 aromatic rings. The molecule has 7 nitrogen and oxygen atoms in total. The lowest BCUT2D eigenvalue weighted by molar-refractivity contribution is 0.0698. The Morgan fingerprint density at radius 1 is 0.963 bits per heavy atom. The van der Waals surface area contributed by atoms with E-state index in [4.69, 9.17) is 0 Å². The number of carbonyl (C=O) groups is 1. The van der Waals surface area contributed by atoms with Crippen LogP contribution in [0, 0.1) is 0 Å². The van der Waals surface area contributed by atoms with Crippen molar-refractivity contribution in [2.24, 2.45) is 0 Å². The van der Waals surface area contributed by atoms with Crippen LogP contribution in [0.5, 0.6) is 0 Å². The van der Waals surface area contributed by atoms with E-state index in [0.29, 0.717) is 11.5 Å². The van der Waals surface area contributed by atoms with Gasteiger partial charge in [-0.25, -0.2) is 9.48 Å². The number of hydrogen-bond acceptors (Lipinski definition) is 5. The summed E-state index contributed by atoms with van der Waals surface area (Å²) in [6.45, 7) is 0. The summed E-state index contributed by atoms with van der Waals surface area (Å²) in [5.74, 6) is -0.506. The number of rotatable bonds is 5. The van der Waals surface area contributed by atoms with Crippen LogP contribution >= 0.6 is 0 Å². The zero-order valence-electron chi connectivity index (χ0n) is 14.1. The Morgan fingerprint density at radius 2 is 1.70 bits per heavy atom. The number of carboxylic acid groups (broad SMARTS) is 1. The van der Waals surface area contributed by atoms with E-state index in [1.54, 1.807) is 17.1 Å². The predicted octanol–water partition coefficient (Wildman–Crippen LogP) is 3.77. The normalized spacial score (nSPS) is 10.5. The minimum absolute atomic E-state index is 0.125. The molecule has 0 spiro atoms. The number of aromatic nitrogens is 4. The van der Waals surface area contributed by atoms with Gasteiger partial charge >= 0.3 is 5.97 Å². The number of hydrogen-bond donors (Lipinski definition) is 2. The maximum atomic E-state index is 11.5. The molecule has 3 heterocycles. The molecule has 4 rings (SSSR count). The third-order valence-corrected chi connectivity index (χ3v) is 4.03. The van der Waals surface area contributed by atoms with Crippen molar-refractivity contribution in [1.82, 2.24) is 19.7 Å². The van der Waals surface area contributed by atoms with Gasteiger partial charge in [-0.2, -0.15) is 0 Å². The van der Waals surface area contributed by atoms with Gasteiger partial charge in [-0.05, 0) is 35.9 Å². The number of nitrogens with zero attached hydrogens (tertiary/aromatic N) is 4.